The second kappa shape index (κ2) is 8.10. The average Bonchev–Trinajstić information content (AvgIpc) is 2.68. The van der Waals surface area contributed by atoms with Gasteiger partial charge in [-0.25, -0.2) is 9.79 Å². The number of carbonyl (C=O) groups is 1. The number of benzene rings is 2. The molecule has 2 aromatic carbocycles. The van der Waals surface area contributed by atoms with Gasteiger partial charge in [0.1, 0.15) is 22.1 Å². The quantitative estimate of drug-likeness (QED) is 0.799. The number of esters is 1. The minimum Gasteiger partial charge on any atom is -0.511 e. The molecular formula is C20H19NO4S. The van der Waals surface area contributed by atoms with Crippen molar-refractivity contribution in [3.63, 3.8) is 0 Å². The Morgan fingerprint density at radius 2 is 1.81 bits per heavy atom. The van der Waals surface area contributed by atoms with Crippen LogP contribution in [0.3, 0.4) is 0 Å². The standard InChI is InChI=1S/C20H19NO4S/c1-24-15-10-8-14(9-11-15)21-19-18(20(23)25-2)16(22)12-17(26-19)13-6-4-3-5-7-13/h3-11,17,22H,12H2,1-2H3. The third-order valence-electron chi connectivity index (χ3n) is 4.00. The Kier molecular flexibility index (Phi) is 5.63. The maximum atomic E-state index is 12.2. The van der Waals surface area contributed by atoms with Gasteiger partial charge in [0.25, 0.3) is 0 Å². The topological polar surface area (TPSA) is 68.1 Å². The van der Waals surface area contributed by atoms with Crippen LogP contribution in [-0.2, 0) is 9.53 Å². The fourth-order valence-electron chi connectivity index (χ4n) is 2.65. The molecule has 5 nitrogen and oxygen atoms in total. The highest BCUT2D eigenvalue weighted by Crippen LogP contribution is 2.43. The van der Waals surface area contributed by atoms with Gasteiger partial charge in [-0.05, 0) is 29.8 Å². The van der Waals surface area contributed by atoms with Gasteiger partial charge in [0.15, 0.2) is 0 Å². The first-order valence-corrected chi connectivity index (χ1v) is 8.95. The number of carbonyl (C=O) groups excluding carboxylic acids is 1. The van der Waals surface area contributed by atoms with Crippen molar-refractivity contribution in [3.05, 3.63) is 71.5 Å². The van der Waals surface area contributed by atoms with Gasteiger partial charge in [-0.1, -0.05) is 42.1 Å². The van der Waals surface area contributed by atoms with Crippen LogP contribution in [0.25, 0.3) is 0 Å². The number of hydrogen-bond donors (Lipinski definition) is 1. The fourth-order valence-corrected chi connectivity index (χ4v) is 3.93. The summed E-state index contributed by atoms with van der Waals surface area (Å²) in [5.41, 5.74) is 1.85. The maximum Gasteiger partial charge on any atom is 0.344 e. The van der Waals surface area contributed by atoms with Crippen molar-refractivity contribution in [1.82, 2.24) is 0 Å². The maximum absolute atomic E-state index is 12.2. The van der Waals surface area contributed by atoms with Crippen LogP contribution in [-0.4, -0.2) is 30.3 Å². The Balaban J connectivity index is 2.00. The highest BCUT2D eigenvalue weighted by atomic mass is 32.2. The number of hydrogen-bond acceptors (Lipinski definition) is 6. The summed E-state index contributed by atoms with van der Waals surface area (Å²) in [6.07, 6.45) is 0.348. The summed E-state index contributed by atoms with van der Waals surface area (Å²) < 4.78 is 9.99. The summed E-state index contributed by atoms with van der Waals surface area (Å²) in [6.45, 7) is 0. The first-order chi connectivity index (χ1) is 12.6. The molecule has 0 saturated heterocycles. The Bertz CT molecular complexity index is 844. The predicted octanol–water partition coefficient (Wildman–Crippen LogP) is 4.59. The molecule has 1 unspecified atom stereocenters. The Hall–Kier alpha value is -2.73. The van der Waals surface area contributed by atoms with Crippen molar-refractivity contribution in [1.29, 1.82) is 0 Å². The van der Waals surface area contributed by atoms with E-state index < -0.39 is 5.97 Å². The molecule has 6 heteroatoms. The van der Waals surface area contributed by atoms with E-state index in [1.54, 1.807) is 31.4 Å². The monoisotopic (exact) mass is 369 g/mol. The normalized spacial score (nSPS) is 18.7. The zero-order chi connectivity index (χ0) is 18.5. The molecule has 0 radical (unpaired) electrons. The Labute approximate surface area is 156 Å². The minimum atomic E-state index is -0.589. The van der Waals surface area contributed by atoms with Gasteiger partial charge >= 0.3 is 5.97 Å². The fraction of sp³-hybridized carbons (Fsp3) is 0.200. The van der Waals surface area contributed by atoms with Crippen LogP contribution in [0.1, 0.15) is 17.2 Å². The lowest BCUT2D eigenvalue weighted by atomic mass is 10.1. The van der Waals surface area contributed by atoms with Crippen molar-refractivity contribution in [2.24, 2.45) is 4.99 Å². The van der Waals surface area contributed by atoms with E-state index in [1.165, 1.54) is 18.9 Å². The van der Waals surface area contributed by atoms with Gasteiger partial charge in [-0.3, -0.25) is 0 Å². The SMILES string of the molecule is COC(=O)C1=C(O)CC(c2ccccc2)SC1=Nc1ccc(OC)cc1. The molecule has 0 amide bonds. The number of ether oxygens (including phenoxy) is 2. The molecule has 1 heterocycles. The number of aliphatic hydroxyl groups is 1. The molecule has 0 bridgehead atoms. The Morgan fingerprint density at radius 3 is 2.42 bits per heavy atom. The number of methoxy groups -OCH3 is 2. The summed E-state index contributed by atoms with van der Waals surface area (Å²) in [7, 11) is 2.89. The van der Waals surface area contributed by atoms with Crippen molar-refractivity contribution in [2.75, 3.05) is 14.2 Å². The summed E-state index contributed by atoms with van der Waals surface area (Å²) in [6, 6.07) is 17.0. The molecule has 0 aromatic heterocycles. The molecule has 26 heavy (non-hydrogen) atoms. The van der Waals surface area contributed by atoms with Crippen molar-refractivity contribution >= 4 is 28.5 Å². The van der Waals surface area contributed by atoms with Gasteiger partial charge in [0.05, 0.1) is 19.9 Å². The van der Waals surface area contributed by atoms with Crippen molar-refractivity contribution < 1.29 is 19.4 Å². The molecule has 0 fully saturated rings. The largest absolute Gasteiger partial charge is 0.511 e. The second-order valence-corrected chi connectivity index (χ2v) is 6.84. The van der Waals surface area contributed by atoms with E-state index in [1.807, 2.05) is 30.3 Å². The number of aliphatic imine (C=N–C) groups is 1. The molecule has 0 spiro atoms. The highest BCUT2D eigenvalue weighted by Gasteiger charge is 2.32. The Morgan fingerprint density at radius 1 is 1.12 bits per heavy atom. The third kappa shape index (κ3) is 3.91. The van der Waals surface area contributed by atoms with E-state index in [4.69, 9.17) is 9.47 Å². The molecule has 1 atom stereocenters. The first-order valence-electron chi connectivity index (χ1n) is 8.07. The number of aliphatic hydroxyl groups excluding tert-OH is 1. The molecule has 0 aliphatic carbocycles. The van der Waals surface area contributed by atoms with Crippen LogP contribution in [0.2, 0.25) is 0 Å². The lowest BCUT2D eigenvalue weighted by Crippen LogP contribution is -2.20. The smallest absolute Gasteiger partial charge is 0.344 e. The summed E-state index contributed by atoms with van der Waals surface area (Å²) >= 11 is 1.44. The minimum absolute atomic E-state index is 0.00304. The zero-order valence-corrected chi connectivity index (χ0v) is 15.3. The molecule has 3 rings (SSSR count). The van der Waals surface area contributed by atoms with Crippen LogP contribution in [0.5, 0.6) is 5.75 Å². The molecular weight excluding hydrogens is 350 g/mol. The van der Waals surface area contributed by atoms with Crippen LogP contribution < -0.4 is 4.74 Å². The lowest BCUT2D eigenvalue weighted by Gasteiger charge is -2.24. The van der Waals surface area contributed by atoms with Gasteiger partial charge < -0.3 is 14.6 Å². The van der Waals surface area contributed by atoms with E-state index in [2.05, 4.69) is 4.99 Å². The third-order valence-corrected chi connectivity index (χ3v) is 5.24. The van der Waals surface area contributed by atoms with E-state index >= 15 is 0 Å². The molecule has 1 aliphatic heterocycles. The first kappa shape index (κ1) is 18.1. The highest BCUT2D eigenvalue weighted by molar-refractivity contribution is 8.14. The molecule has 134 valence electrons. The van der Waals surface area contributed by atoms with E-state index in [0.717, 1.165) is 11.3 Å². The number of rotatable bonds is 4. The molecule has 1 N–H and O–H groups in total. The molecule has 2 aromatic rings. The van der Waals surface area contributed by atoms with Crippen molar-refractivity contribution in [2.45, 2.75) is 11.7 Å². The van der Waals surface area contributed by atoms with E-state index in [9.17, 15) is 9.90 Å². The van der Waals surface area contributed by atoms with Crippen LogP contribution in [0.4, 0.5) is 5.69 Å². The van der Waals surface area contributed by atoms with Gasteiger partial charge in [0.2, 0.25) is 0 Å². The van der Waals surface area contributed by atoms with Crippen LogP contribution in [0.15, 0.2) is 70.9 Å². The van der Waals surface area contributed by atoms with Crippen LogP contribution >= 0.6 is 11.8 Å². The van der Waals surface area contributed by atoms with E-state index in [-0.39, 0.29) is 16.6 Å². The lowest BCUT2D eigenvalue weighted by molar-refractivity contribution is -0.135. The van der Waals surface area contributed by atoms with E-state index in [0.29, 0.717) is 17.2 Å². The molecule has 1 aliphatic rings. The summed E-state index contributed by atoms with van der Waals surface area (Å²) in [5.74, 6) is 0.129. The molecule has 0 saturated carbocycles. The van der Waals surface area contributed by atoms with Crippen molar-refractivity contribution in [3.8, 4) is 5.75 Å². The number of thioether (sulfide) groups is 1. The summed E-state index contributed by atoms with van der Waals surface area (Å²) in [5, 5.41) is 10.9. The van der Waals surface area contributed by atoms with Gasteiger partial charge in [0, 0.05) is 11.7 Å². The second-order valence-electron chi connectivity index (χ2n) is 5.65. The zero-order valence-electron chi connectivity index (χ0n) is 14.5. The predicted molar refractivity (Wildman–Crippen MR) is 103 cm³/mol. The number of allylic oxidation sites excluding steroid dienone is 1. The summed E-state index contributed by atoms with van der Waals surface area (Å²) in [4.78, 5) is 16.7. The number of nitrogens with zero attached hydrogens (tertiary/aromatic N) is 1. The van der Waals surface area contributed by atoms with Gasteiger partial charge in [-0.15, -0.1) is 0 Å². The van der Waals surface area contributed by atoms with Crippen LogP contribution in [0, 0.1) is 0 Å². The van der Waals surface area contributed by atoms with Gasteiger partial charge in [-0.2, -0.15) is 0 Å². The average molecular weight is 369 g/mol.